The predicted molar refractivity (Wildman–Crippen MR) is 73.3 cm³/mol. The minimum Gasteiger partial charge on any atom is -0.383 e. The van der Waals surface area contributed by atoms with E-state index in [-0.39, 0.29) is 24.4 Å². The van der Waals surface area contributed by atoms with Gasteiger partial charge in [-0.25, -0.2) is 0 Å². The standard InChI is InChI=1S/C13H17ClN2O3/c1-9(8-19-2)16-12(17)7-15-13(18)10-4-3-5-11(14)6-10/h3-6,9H,7-8H2,1-2H3,(H,15,18)(H,16,17). The van der Waals surface area contributed by atoms with E-state index in [1.54, 1.807) is 31.4 Å². The zero-order valence-electron chi connectivity index (χ0n) is 10.9. The number of methoxy groups -OCH3 is 1. The number of ether oxygens (including phenoxy) is 1. The van der Waals surface area contributed by atoms with E-state index in [1.807, 2.05) is 6.92 Å². The van der Waals surface area contributed by atoms with Crippen LogP contribution in [0, 0.1) is 0 Å². The molecule has 0 saturated heterocycles. The first-order valence-corrected chi connectivity index (χ1v) is 6.22. The normalized spacial score (nSPS) is 11.7. The molecule has 1 unspecified atom stereocenters. The van der Waals surface area contributed by atoms with E-state index in [4.69, 9.17) is 16.3 Å². The minimum absolute atomic E-state index is 0.0839. The molecule has 1 atom stereocenters. The smallest absolute Gasteiger partial charge is 0.251 e. The van der Waals surface area contributed by atoms with E-state index < -0.39 is 0 Å². The van der Waals surface area contributed by atoms with Crippen molar-refractivity contribution in [3.63, 3.8) is 0 Å². The molecule has 0 aromatic heterocycles. The van der Waals surface area contributed by atoms with Gasteiger partial charge in [0.25, 0.3) is 5.91 Å². The Morgan fingerprint density at radius 3 is 2.79 bits per heavy atom. The Morgan fingerprint density at radius 1 is 1.42 bits per heavy atom. The van der Waals surface area contributed by atoms with Crippen LogP contribution in [0.25, 0.3) is 0 Å². The van der Waals surface area contributed by atoms with E-state index >= 15 is 0 Å². The van der Waals surface area contributed by atoms with Crippen LogP contribution in [-0.4, -0.2) is 38.1 Å². The third-order valence-electron chi connectivity index (χ3n) is 2.32. The number of carbonyl (C=O) groups excluding carboxylic acids is 2. The summed E-state index contributed by atoms with van der Waals surface area (Å²) in [5.41, 5.74) is 0.422. The van der Waals surface area contributed by atoms with Gasteiger partial charge in [-0.3, -0.25) is 9.59 Å². The first-order valence-electron chi connectivity index (χ1n) is 5.85. The number of hydrogen-bond donors (Lipinski definition) is 2. The summed E-state index contributed by atoms with van der Waals surface area (Å²) in [6.45, 7) is 2.16. The first-order chi connectivity index (χ1) is 9.02. The average Bonchev–Trinajstić information content (AvgIpc) is 2.36. The van der Waals surface area contributed by atoms with Crippen molar-refractivity contribution in [3.8, 4) is 0 Å². The van der Waals surface area contributed by atoms with Crippen LogP contribution in [0.4, 0.5) is 0 Å². The van der Waals surface area contributed by atoms with Gasteiger partial charge in [-0.05, 0) is 25.1 Å². The lowest BCUT2D eigenvalue weighted by molar-refractivity contribution is -0.121. The fourth-order valence-corrected chi connectivity index (χ4v) is 1.70. The molecule has 1 aromatic carbocycles. The number of hydrogen-bond acceptors (Lipinski definition) is 3. The maximum Gasteiger partial charge on any atom is 0.251 e. The Bertz CT molecular complexity index is 451. The fraction of sp³-hybridized carbons (Fsp3) is 0.385. The first kappa shape index (κ1) is 15.5. The van der Waals surface area contributed by atoms with Gasteiger partial charge in [0, 0.05) is 23.7 Å². The second kappa shape index (κ2) is 7.76. The summed E-state index contributed by atoms with van der Waals surface area (Å²) in [4.78, 5) is 23.3. The lowest BCUT2D eigenvalue weighted by Crippen LogP contribution is -2.42. The van der Waals surface area contributed by atoms with Gasteiger partial charge in [-0.2, -0.15) is 0 Å². The number of rotatable bonds is 6. The van der Waals surface area contributed by atoms with Crippen LogP contribution in [0.15, 0.2) is 24.3 Å². The molecular weight excluding hydrogens is 268 g/mol. The lowest BCUT2D eigenvalue weighted by Gasteiger charge is -2.13. The second-order valence-electron chi connectivity index (χ2n) is 4.12. The largest absolute Gasteiger partial charge is 0.383 e. The Morgan fingerprint density at radius 2 is 2.16 bits per heavy atom. The summed E-state index contributed by atoms with van der Waals surface area (Å²) in [7, 11) is 1.56. The molecule has 2 amide bonds. The molecule has 0 spiro atoms. The molecule has 0 fully saturated rings. The summed E-state index contributed by atoms with van der Waals surface area (Å²) in [5.74, 6) is -0.600. The number of carbonyl (C=O) groups is 2. The third kappa shape index (κ3) is 5.72. The Kier molecular flexibility index (Phi) is 6.32. The number of halogens is 1. The van der Waals surface area contributed by atoms with Crippen LogP contribution in [0.1, 0.15) is 17.3 Å². The van der Waals surface area contributed by atoms with Gasteiger partial charge >= 0.3 is 0 Å². The maximum atomic E-state index is 11.7. The van der Waals surface area contributed by atoms with E-state index in [1.165, 1.54) is 0 Å². The van der Waals surface area contributed by atoms with Gasteiger partial charge in [0.2, 0.25) is 5.91 Å². The highest BCUT2D eigenvalue weighted by atomic mass is 35.5. The Hall–Kier alpha value is -1.59. The SMILES string of the molecule is COCC(C)NC(=O)CNC(=O)c1cccc(Cl)c1. The van der Waals surface area contributed by atoms with Crippen molar-refractivity contribution in [3.05, 3.63) is 34.9 Å². The molecule has 0 aliphatic rings. The molecule has 0 bridgehead atoms. The highest BCUT2D eigenvalue weighted by Crippen LogP contribution is 2.10. The molecule has 19 heavy (non-hydrogen) atoms. The van der Waals surface area contributed by atoms with Gasteiger partial charge < -0.3 is 15.4 Å². The van der Waals surface area contributed by atoms with Crippen molar-refractivity contribution >= 4 is 23.4 Å². The molecule has 2 N–H and O–H groups in total. The third-order valence-corrected chi connectivity index (χ3v) is 2.56. The van der Waals surface area contributed by atoms with Crippen molar-refractivity contribution in [1.29, 1.82) is 0 Å². The van der Waals surface area contributed by atoms with Gasteiger partial charge in [-0.15, -0.1) is 0 Å². The van der Waals surface area contributed by atoms with Gasteiger partial charge in [0.1, 0.15) is 0 Å². The van der Waals surface area contributed by atoms with Crippen LogP contribution in [0.3, 0.4) is 0 Å². The molecule has 6 heteroatoms. The number of nitrogens with one attached hydrogen (secondary N) is 2. The molecule has 1 rings (SSSR count). The van der Waals surface area contributed by atoms with E-state index in [0.717, 1.165) is 0 Å². The monoisotopic (exact) mass is 284 g/mol. The van der Waals surface area contributed by atoms with Crippen LogP contribution < -0.4 is 10.6 Å². The Labute approximate surface area is 117 Å². The second-order valence-corrected chi connectivity index (χ2v) is 4.55. The van der Waals surface area contributed by atoms with E-state index in [0.29, 0.717) is 17.2 Å². The number of amides is 2. The zero-order chi connectivity index (χ0) is 14.3. The van der Waals surface area contributed by atoms with Gasteiger partial charge in [0.05, 0.1) is 13.2 Å². The van der Waals surface area contributed by atoms with E-state index in [9.17, 15) is 9.59 Å². The quantitative estimate of drug-likeness (QED) is 0.825. The lowest BCUT2D eigenvalue weighted by atomic mass is 10.2. The van der Waals surface area contributed by atoms with Crippen molar-refractivity contribution in [1.82, 2.24) is 10.6 Å². The molecule has 1 aromatic rings. The van der Waals surface area contributed by atoms with E-state index in [2.05, 4.69) is 10.6 Å². The molecule has 104 valence electrons. The van der Waals surface area contributed by atoms with Crippen LogP contribution >= 0.6 is 11.6 Å². The summed E-state index contributed by atoms with van der Waals surface area (Å²) >= 11 is 5.78. The van der Waals surface area contributed by atoms with Crippen molar-refractivity contribution in [2.45, 2.75) is 13.0 Å². The van der Waals surface area contributed by atoms with Crippen LogP contribution in [0.2, 0.25) is 5.02 Å². The fourth-order valence-electron chi connectivity index (χ4n) is 1.51. The summed E-state index contributed by atoms with van der Waals surface area (Å²) in [5, 5.41) is 5.69. The molecule has 0 saturated carbocycles. The van der Waals surface area contributed by atoms with Crippen molar-refractivity contribution < 1.29 is 14.3 Å². The topological polar surface area (TPSA) is 67.4 Å². The van der Waals surface area contributed by atoms with Crippen LogP contribution in [0.5, 0.6) is 0 Å². The molecule has 5 nitrogen and oxygen atoms in total. The van der Waals surface area contributed by atoms with Crippen molar-refractivity contribution in [2.24, 2.45) is 0 Å². The van der Waals surface area contributed by atoms with Gasteiger partial charge in [-0.1, -0.05) is 17.7 Å². The summed E-state index contributed by atoms with van der Waals surface area (Å²) in [6.07, 6.45) is 0. The number of benzene rings is 1. The van der Waals surface area contributed by atoms with Crippen molar-refractivity contribution in [2.75, 3.05) is 20.3 Å². The summed E-state index contributed by atoms with van der Waals surface area (Å²) < 4.78 is 4.90. The Balaban J connectivity index is 2.40. The van der Waals surface area contributed by atoms with Crippen LogP contribution in [-0.2, 0) is 9.53 Å². The molecule has 0 aliphatic heterocycles. The maximum absolute atomic E-state index is 11.7. The highest BCUT2D eigenvalue weighted by Gasteiger charge is 2.10. The summed E-state index contributed by atoms with van der Waals surface area (Å²) in [6, 6.07) is 6.44. The molecule has 0 radical (unpaired) electrons. The molecule has 0 aliphatic carbocycles. The zero-order valence-corrected chi connectivity index (χ0v) is 11.7. The minimum atomic E-state index is -0.336. The highest BCUT2D eigenvalue weighted by molar-refractivity contribution is 6.30. The molecular formula is C13H17ClN2O3. The average molecular weight is 285 g/mol. The molecule has 0 heterocycles. The predicted octanol–water partition coefficient (Wildman–Crippen LogP) is 1.22. The van der Waals surface area contributed by atoms with Gasteiger partial charge in [0.15, 0.2) is 0 Å².